The van der Waals surface area contributed by atoms with Crippen molar-refractivity contribution in [3.8, 4) is 11.5 Å². The van der Waals surface area contributed by atoms with Gasteiger partial charge >= 0.3 is 0 Å². The number of aryl methyl sites for hydroxylation is 1. The zero-order valence-corrected chi connectivity index (χ0v) is 16.1. The van der Waals surface area contributed by atoms with Crippen LogP contribution in [-0.2, 0) is 9.59 Å². The van der Waals surface area contributed by atoms with E-state index in [9.17, 15) is 14.7 Å². The van der Waals surface area contributed by atoms with E-state index in [0.29, 0.717) is 22.1 Å². The molecule has 142 valence electrons. The van der Waals surface area contributed by atoms with Gasteiger partial charge in [0.05, 0.1) is 5.69 Å². The maximum Gasteiger partial charge on any atom is 0.270 e. The number of carbonyl (C=O) groups excluding carboxylic acids is 2. The lowest BCUT2D eigenvalue weighted by Crippen LogP contribution is -2.53. The molecule has 0 radical (unpaired) electrons. The van der Waals surface area contributed by atoms with Crippen molar-refractivity contribution in [1.29, 1.82) is 0 Å². The zero-order chi connectivity index (χ0) is 19.8. The fourth-order valence-corrected chi connectivity index (χ4v) is 3.14. The minimum Gasteiger partial charge on any atom is -0.508 e. The van der Waals surface area contributed by atoms with Gasteiger partial charge in [0.15, 0.2) is 5.60 Å². The summed E-state index contributed by atoms with van der Waals surface area (Å²) >= 11 is 6.07. The van der Waals surface area contributed by atoms with Gasteiger partial charge in [-0.15, -0.1) is 0 Å². The van der Waals surface area contributed by atoms with E-state index in [0.717, 1.165) is 5.56 Å². The molecule has 0 aliphatic carbocycles. The first-order valence-electron chi connectivity index (χ1n) is 8.57. The number of carbonyl (C=O) groups is 2. The molecular weight excluding hydrogens is 368 g/mol. The van der Waals surface area contributed by atoms with Crippen LogP contribution >= 0.6 is 11.6 Å². The summed E-state index contributed by atoms with van der Waals surface area (Å²) in [5, 5.41) is 12.7. The third kappa shape index (κ3) is 4.01. The van der Waals surface area contributed by atoms with Crippen molar-refractivity contribution in [2.75, 3.05) is 16.8 Å². The molecule has 1 aliphatic rings. The van der Waals surface area contributed by atoms with E-state index in [1.165, 1.54) is 11.0 Å². The van der Waals surface area contributed by atoms with Crippen molar-refractivity contribution in [1.82, 2.24) is 0 Å². The van der Waals surface area contributed by atoms with Crippen LogP contribution in [0.25, 0.3) is 0 Å². The minimum atomic E-state index is -1.02. The molecule has 2 amide bonds. The largest absolute Gasteiger partial charge is 0.508 e. The third-order valence-corrected chi connectivity index (χ3v) is 4.62. The predicted octanol–water partition coefficient (Wildman–Crippen LogP) is 3.89. The normalized spacial score (nSPS) is 15.1. The molecule has 27 heavy (non-hydrogen) atoms. The van der Waals surface area contributed by atoms with E-state index >= 15 is 0 Å². The maximum atomic E-state index is 12.8. The second kappa shape index (κ2) is 7.12. The number of ether oxygens (including phenoxy) is 1. The average Bonchev–Trinajstić information content (AvgIpc) is 2.58. The zero-order valence-electron chi connectivity index (χ0n) is 15.4. The van der Waals surface area contributed by atoms with Crippen LogP contribution in [0.15, 0.2) is 36.4 Å². The summed E-state index contributed by atoms with van der Waals surface area (Å²) in [4.78, 5) is 26.7. The highest BCUT2D eigenvalue weighted by atomic mass is 35.5. The molecule has 0 saturated heterocycles. The Balaban J connectivity index is 1.75. The highest BCUT2D eigenvalue weighted by Gasteiger charge is 2.40. The van der Waals surface area contributed by atoms with E-state index in [1.807, 2.05) is 0 Å². The fourth-order valence-electron chi connectivity index (χ4n) is 2.98. The van der Waals surface area contributed by atoms with Gasteiger partial charge in [-0.1, -0.05) is 11.6 Å². The lowest BCUT2D eigenvalue weighted by atomic mass is 10.0. The molecule has 6 nitrogen and oxygen atoms in total. The van der Waals surface area contributed by atoms with Gasteiger partial charge < -0.3 is 20.1 Å². The third-order valence-electron chi connectivity index (χ3n) is 4.38. The number of rotatable bonds is 4. The summed E-state index contributed by atoms with van der Waals surface area (Å²) in [6, 6.07) is 9.80. The number of nitrogens with one attached hydrogen (secondary N) is 1. The van der Waals surface area contributed by atoms with Crippen LogP contribution < -0.4 is 15.0 Å². The first-order chi connectivity index (χ1) is 12.7. The van der Waals surface area contributed by atoms with Crippen LogP contribution in [0.4, 0.5) is 11.4 Å². The SMILES string of the molecule is Cc1cc(O)ccc1NC(=O)CCN1C(=O)C(C)(C)Oc2ccc(Cl)cc21. The van der Waals surface area contributed by atoms with Gasteiger partial charge in [0.25, 0.3) is 5.91 Å². The summed E-state index contributed by atoms with van der Waals surface area (Å²) in [5.74, 6) is 0.231. The summed E-state index contributed by atoms with van der Waals surface area (Å²) in [5.41, 5.74) is 0.907. The number of nitrogens with zero attached hydrogens (tertiary/aromatic N) is 1. The predicted molar refractivity (Wildman–Crippen MR) is 105 cm³/mol. The highest BCUT2D eigenvalue weighted by molar-refractivity contribution is 6.31. The van der Waals surface area contributed by atoms with Gasteiger partial charge in [0, 0.05) is 23.7 Å². The first-order valence-corrected chi connectivity index (χ1v) is 8.95. The molecule has 2 aromatic rings. The molecule has 0 saturated carbocycles. The van der Waals surface area contributed by atoms with Gasteiger partial charge in [-0.3, -0.25) is 9.59 Å². The first kappa shape index (κ1) is 19.0. The van der Waals surface area contributed by atoms with Crippen molar-refractivity contribution < 1.29 is 19.4 Å². The average molecular weight is 389 g/mol. The molecule has 0 atom stereocenters. The molecule has 0 aromatic heterocycles. The van der Waals surface area contributed by atoms with Crippen molar-refractivity contribution in [3.05, 3.63) is 47.0 Å². The summed E-state index contributed by atoms with van der Waals surface area (Å²) in [7, 11) is 0. The van der Waals surface area contributed by atoms with Gasteiger partial charge in [0.2, 0.25) is 5.91 Å². The van der Waals surface area contributed by atoms with E-state index < -0.39 is 5.60 Å². The molecule has 1 aliphatic heterocycles. The molecule has 0 bridgehead atoms. The second-order valence-electron chi connectivity index (χ2n) is 6.98. The topological polar surface area (TPSA) is 78.9 Å². The Morgan fingerprint density at radius 1 is 1.26 bits per heavy atom. The van der Waals surface area contributed by atoms with Crippen LogP contribution in [0.3, 0.4) is 0 Å². The Morgan fingerprint density at radius 3 is 2.70 bits per heavy atom. The van der Waals surface area contributed by atoms with Crippen LogP contribution in [0, 0.1) is 6.92 Å². The monoisotopic (exact) mass is 388 g/mol. The standard InChI is InChI=1S/C20H21ClN2O4/c1-12-10-14(24)5-6-15(12)22-18(25)8-9-23-16-11-13(21)4-7-17(16)27-20(2,3)19(23)26/h4-7,10-11,24H,8-9H2,1-3H3,(H,22,25). The van der Waals surface area contributed by atoms with Crippen molar-refractivity contribution in [2.45, 2.75) is 32.8 Å². The number of anilines is 2. The van der Waals surface area contributed by atoms with E-state index in [-0.39, 0.29) is 30.5 Å². The van der Waals surface area contributed by atoms with Gasteiger partial charge in [-0.05, 0) is 62.7 Å². The Hall–Kier alpha value is -2.73. The molecule has 7 heteroatoms. The number of fused-ring (bicyclic) bond motifs is 1. The Morgan fingerprint density at radius 2 is 2.00 bits per heavy atom. The van der Waals surface area contributed by atoms with Crippen LogP contribution in [-0.4, -0.2) is 29.1 Å². The highest BCUT2D eigenvalue weighted by Crippen LogP contribution is 2.39. The smallest absolute Gasteiger partial charge is 0.270 e. The van der Waals surface area contributed by atoms with Gasteiger partial charge in [-0.2, -0.15) is 0 Å². The quantitative estimate of drug-likeness (QED) is 0.779. The molecule has 2 aromatic carbocycles. The molecule has 1 heterocycles. The second-order valence-corrected chi connectivity index (χ2v) is 7.42. The number of aromatic hydroxyl groups is 1. The van der Waals surface area contributed by atoms with Gasteiger partial charge in [-0.25, -0.2) is 0 Å². The summed E-state index contributed by atoms with van der Waals surface area (Å²) in [6.45, 7) is 5.38. The number of phenols is 1. The fraction of sp³-hybridized carbons (Fsp3) is 0.300. The molecule has 3 rings (SSSR count). The van der Waals surface area contributed by atoms with E-state index in [4.69, 9.17) is 16.3 Å². The van der Waals surface area contributed by atoms with Crippen molar-refractivity contribution in [2.24, 2.45) is 0 Å². The van der Waals surface area contributed by atoms with E-state index in [1.54, 1.807) is 51.1 Å². The molecule has 0 unspecified atom stereocenters. The summed E-state index contributed by atoms with van der Waals surface area (Å²) < 4.78 is 5.77. The van der Waals surface area contributed by atoms with E-state index in [2.05, 4.69) is 5.32 Å². The number of hydrogen-bond donors (Lipinski definition) is 2. The Labute approximate surface area is 162 Å². The lowest BCUT2D eigenvalue weighted by molar-refractivity contribution is -0.132. The van der Waals surface area contributed by atoms with Gasteiger partial charge in [0.1, 0.15) is 11.5 Å². The number of benzene rings is 2. The molecule has 0 spiro atoms. The Bertz CT molecular complexity index is 911. The van der Waals surface area contributed by atoms with Crippen molar-refractivity contribution >= 4 is 34.8 Å². The molecular formula is C20H21ClN2O4. The number of amides is 2. The lowest BCUT2D eigenvalue weighted by Gasteiger charge is -2.38. The maximum absolute atomic E-state index is 12.8. The van der Waals surface area contributed by atoms with Crippen LogP contribution in [0.5, 0.6) is 11.5 Å². The number of halogens is 1. The molecule has 0 fully saturated rings. The van der Waals surface area contributed by atoms with Crippen molar-refractivity contribution in [3.63, 3.8) is 0 Å². The molecule has 2 N–H and O–H groups in total. The number of hydrogen-bond acceptors (Lipinski definition) is 4. The number of phenolic OH excluding ortho intramolecular Hbond substituents is 1. The van der Waals surface area contributed by atoms with Crippen LogP contribution in [0.2, 0.25) is 5.02 Å². The Kier molecular flexibility index (Phi) is 5.02. The summed E-state index contributed by atoms with van der Waals surface area (Å²) in [6.07, 6.45) is 0.105. The minimum absolute atomic E-state index is 0.105. The van der Waals surface area contributed by atoms with Crippen LogP contribution in [0.1, 0.15) is 25.8 Å².